The summed E-state index contributed by atoms with van der Waals surface area (Å²) in [5.41, 5.74) is 7.11. The van der Waals surface area contributed by atoms with Crippen molar-refractivity contribution < 1.29 is 13.7 Å². The summed E-state index contributed by atoms with van der Waals surface area (Å²) >= 11 is 0. The van der Waals surface area contributed by atoms with Crippen LogP contribution in [0.2, 0.25) is 0 Å². The fourth-order valence-electron chi connectivity index (χ4n) is 2.31. The molecule has 2 rings (SSSR count). The van der Waals surface area contributed by atoms with Gasteiger partial charge in [-0.2, -0.15) is 0 Å². The topological polar surface area (TPSA) is 61.5 Å². The van der Waals surface area contributed by atoms with Crippen molar-refractivity contribution in [1.82, 2.24) is 0 Å². The van der Waals surface area contributed by atoms with Crippen molar-refractivity contribution in [2.45, 2.75) is 30.7 Å². The molecule has 106 valence electrons. The van der Waals surface area contributed by atoms with Crippen LogP contribution in [0.3, 0.4) is 0 Å². The lowest BCUT2D eigenvalue weighted by molar-refractivity contribution is 0.127. The highest BCUT2D eigenvalue weighted by Gasteiger charge is 2.30. The molecule has 0 aromatic heterocycles. The molecule has 1 fully saturated rings. The summed E-state index contributed by atoms with van der Waals surface area (Å²) in [6.45, 7) is 2.68. The van der Waals surface area contributed by atoms with Gasteiger partial charge in [0.05, 0.1) is 18.5 Å². The van der Waals surface area contributed by atoms with E-state index in [1.165, 1.54) is 0 Å². The van der Waals surface area contributed by atoms with Gasteiger partial charge in [-0.25, -0.2) is 0 Å². The summed E-state index contributed by atoms with van der Waals surface area (Å²) in [7, 11) is 0.686. The van der Waals surface area contributed by atoms with Gasteiger partial charge < -0.3 is 15.2 Å². The molecule has 1 aromatic rings. The zero-order valence-corrected chi connectivity index (χ0v) is 12.2. The van der Waals surface area contributed by atoms with Crippen LogP contribution in [0, 0.1) is 0 Å². The van der Waals surface area contributed by atoms with E-state index in [9.17, 15) is 4.21 Å². The monoisotopic (exact) mass is 283 g/mol. The average Bonchev–Trinajstić information content (AvgIpc) is 2.85. The van der Waals surface area contributed by atoms with Crippen molar-refractivity contribution in [1.29, 1.82) is 0 Å². The molecular weight excluding hydrogens is 262 g/mol. The number of methoxy groups -OCH3 is 1. The third-order valence-corrected chi connectivity index (χ3v) is 5.51. The molecule has 1 aliphatic heterocycles. The van der Waals surface area contributed by atoms with Gasteiger partial charge in [-0.05, 0) is 31.0 Å². The Morgan fingerprint density at radius 2 is 2.16 bits per heavy atom. The smallest absolute Gasteiger partial charge is 0.118 e. The second kappa shape index (κ2) is 6.50. The number of nitrogens with two attached hydrogens (primary N) is 1. The first-order valence-corrected chi connectivity index (χ1v) is 7.88. The Bertz CT molecular complexity index is 435. The van der Waals surface area contributed by atoms with Gasteiger partial charge in [0.25, 0.3) is 0 Å². The van der Waals surface area contributed by atoms with Crippen LogP contribution in [0.15, 0.2) is 24.3 Å². The fourth-order valence-corrected chi connectivity index (χ4v) is 3.96. The van der Waals surface area contributed by atoms with Gasteiger partial charge in [-0.1, -0.05) is 12.1 Å². The average molecular weight is 283 g/mol. The van der Waals surface area contributed by atoms with Crippen LogP contribution >= 0.6 is 0 Å². The van der Waals surface area contributed by atoms with Crippen molar-refractivity contribution in [3.8, 4) is 5.75 Å². The molecular formula is C14H21NO3S. The summed E-state index contributed by atoms with van der Waals surface area (Å²) < 4.78 is 22.9. The molecule has 0 spiro atoms. The Hall–Kier alpha value is -0.910. The normalized spacial score (nSPS) is 26.1. The van der Waals surface area contributed by atoms with Gasteiger partial charge in [-0.15, -0.1) is 0 Å². The van der Waals surface area contributed by atoms with Crippen LogP contribution in [-0.4, -0.2) is 35.0 Å². The molecule has 0 bridgehead atoms. The Balaban J connectivity index is 1.95. The lowest BCUT2D eigenvalue weighted by atomic mass is 10.1. The van der Waals surface area contributed by atoms with Gasteiger partial charge in [0.15, 0.2) is 0 Å². The maximum Gasteiger partial charge on any atom is 0.118 e. The summed E-state index contributed by atoms with van der Waals surface area (Å²) in [6.07, 6.45) is 0.937. The maximum absolute atomic E-state index is 12.3. The predicted octanol–water partition coefficient (Wildman–Crippen LogP) is 1.62. The molecule has 4 unspecified atom stereocenters. The van der Waals surface area contributed by atoms with Crippen LogP contribution in [0.25, 0.3) is 0 Å². The minimum absolute atomic E-state index is 0.0731. The second-order valence-electron chi connectivity index (χ2n) is 4.83. The highest BCUT2D eigenvalue weighted by molar-refractivity contribution is 7.85. The molecule has 1 aliphatic rings. The minimum atomic E-state index is -0.944. The summed E-state index contributed by atoms with van der Waals surface area (Å²) in [6, 6.07) is 7.39. The summed E-state index contributed by atoms with van der Waals surface area (Å²) in [4.78, 5) is 0. The van der Waals surface area contributed by atoms with Gasteiger partial charge in [-0.3, -0.25) is 4.21 Å². The first-order chi connectivity index (χ1) is 9.11. The Kier molecular flexibility index (Phi) is 4.96. The number of rotatable bonds is 5. The lowest BCUT2D eigenvalue weighted by Gasteiger charge is -2.17. The Labute approximate surface area is 116 Å². The van der Waals surface area contributed by atoms with Gasteiger partial charge in [0.1, 0.15) is 5.75 Å². The van der Waals surface area contributed by atoms with E-state index in [1.807, 2.05) is 31.2 Å². The van der Waals surface area contributed by atoms with E-state index in [0.29, 0.717) is 12.4 Å². The molecule has 1 saturated heterocycles. The third-order valence-electron chi connectivity index (χ3n) is 3.53. The second-order valence-corrected chi connectivity index (χ2v) is 6.53. The molecule has 4 atom stereocenters. The Morgan fingerprint density at radius 3 is 2.68 bits per heavy atom. The molecule has 0 saturated carbocycles. The van der Waals surface area contributed by atoms with Gasteiger partial charge in [0.2, 0.25) is 0 Å². The zero-order valence-electron chi connectivity index (χ0n) is 11.4. The molecule has 2 N–H and O–H groups in total. The molecule has 4 nitrogen and oxygen atoms in total. The first kappa shape index (κ1) is 14.5. The van der Waals surface area contributed by atoms with E-state index in [1.54, 1.807) is 7.11 Å². The standard InChI is InChI=1S/C14H21NO3S/c1-10-14(7-8-18-10)19(16)9-13(15)11-3-5-12(17-2)6-4-11/h3-6,10,13-14H,7-9,15H2,1-2H3. The third kappa shape index (κ3) is 3.55. The van der Waals surface area contributed by atoms with E-state index >= 15 is 0 Å². The van der Waals surface area contributed by atoms with E-state index in [4.69, 9.17) is 15.2 Å². The van der Waals surface area contributed by atoms with Crippen LogP contribution in [-0.2, 0) is 15.5 Å². The largest absolute Gasteiger partial charge is 0.497 e. The number of ether oxygens (including phenoxy) is 2. The quantitative estimate of drug-likeness (QED) is 0.892. The van der Waals surface area contributed by atoms with E-state index in [-0.39, 0.29) is 17.4 Å². The summed E-state index contributed by atoms with van der Waals surface area (Å²) in [5, 5.41) is 0.115. The highest BCUT2D eigenvalue weighted by Crippen LogP contribution is 2.22. The molecule has 0 aliphatic carbocycles. The molecule has 5 heteroatoms. The summed E-state index contributed by atoms with van der Waals surface area (Å²) in [5.74, 6) is 1.28. The van der Waals surface area contributed by atoms with Gasteiger partial charge in [0, 0.05) is 29.2 Å². The first-order valence-electron chi connectivity index (χ1n) is 6.50. The van der Waals surface area contributed by atoms with E-state index < -0.39 is 10.8 Å². The molecule has 0 radical (unpaired) electrons. The lowest BCUT2D eigenvalue weighted by Crippen LogP contribution is -2.29. The van der Waals surface area contributed by atoms with Crippen LogP contribution in [0.1, 0.15) is 24.9 Å². The number of hydrogen-bond donors (Lipinski definition) is 1. The minimum Gasteiger partial charge on any atom is -0.497 e. The highest BCUT2D eigenvalue weighted by atomic mass is 32.2. The van der Waals surface area contributed by atoms with Crippen molar-refractivity contribution in [3.63, 3.8) is 0 Å². The number of benzene rings is 1. The van der Waals surface area contributed by atoms with Crippen molar-refractivity contribution in [2.24, 2.45) is 5.73 Å². The van der Waals surface area contributed by atoms with E-state index in [0.717, 1.165) is 17.7 Å². The fraction of sp³-hybridized carbons (Fsp3) is 0.571. The van der Waals surface area contributed by atoms with Crippen LogP contribution in [0.4, 0.5) is 0 Å². The molecule has 1 heterocycles. The van der Waals surface area contributed by atoms with Crippen molar-refractivity contribution >= 4 is 10.8 Å². The van der Waals surface area contributed by atoms with Crippen molar-refractivity contribution in [2.75, 3.05) is 19.5 Å². The van der Waals surface area contributed by atoms with Crippen molar-refractivity contribution in [3.05, 3.63) is 29.8 Å². The Morgan fingerprint density at radius 1 is 1.47 bits per heavy atom. The van der Waals surface area contributed by atoms with Crippen LogP contribution in [0.5, 0.6) is 5.75 Å². The zero-order chi connectivity index (χ0) is 13.8. The molecule has 1 aromatic carbocycles. The predicted molar refractivity (Wildman–Crippen MR) is 76.8 cm³/mol. The van der Waals surface area contributed by atoms with Gasteiger partial charge >= 0.3 is 0 Å². The SMILES string of the molecule is COc1ccc(C(N)CS(=O)C2CCOC2C)cc1. The van der Waals surface area contributed by atoms with Crippen LogP contribution < -0.4 is 10.5 Å². The van der Waals surface area contributed by atoms with E-state index in [2.05, 4.69) is 0 Å². The molecule has 19 heavy (non-hydrogen) atoms. The number of hydrogen-bond acceptors (Lipinski definition) is 4. The molecule has 0 amide bonds. The maximum atomic E-state index is 12.3.